The molecule has 0 atom stereocenters. The molecule has 7 heterocycles. The summed E-state index contributed by atoms with van der Waals surface area (Å²) in [5.74, 6) is 1.17. The van der Waals surface area contributed by atoms with Crippen LogP contribution in [0.2, 0.25) is 0 Å². The number of carbonyl (C=O) groups is 2. The fourth-order valence-corrected chi connectivity index (χ4v) is 8.58. The Morgan fingerprint density at radius 3 is 1.36 bits per heavy atom. The Labute approximate surface area is 445 Å². The Bertz CT molecular complexity index is 2640. The van der Waals surface area contributed by atoms with E-state index in [2.05, 4.69) is 55.2 Å². The van der Waals surface area contributed by atoms with Gasteiger partial charge in [-0.3, -0.25) is 33.8 Å². The highest BCUT2D eigenvalue weighted by molar-refractivity contribution is 6.32. The largest absolute Gasteiger partial charge is 0.460 e. The van der Waals surface area contributed by atoms with Crippen molar-refractivity contribution in [3.8, 4) is 22.8 Å². The predicted octanol–water partition coefficient (Wildman–Crippen LogP) is 3.30. The van der Waals surface area contributed by atoms with Crippen molar-refractivity contribution in [3.63, 3.8) is 0 Å². The van der Waals surface area contributed by atoms with E-state index in [1.165, 1.54) is 6.92 Å². The fraction of sp³-hybridized carbons (Fsp3) is 0.538. The number of hydrogen-bond acceptors (Lipinski definition) is 21. The first-order valence-electron chi connectivity index (χ1n) is 26.2. The summed E-state index contributed by atoms with van der Waals surface area (Å²) in [6.07, 6.45) is -4.92. The minimum absolute atomic E-state index is 0.0272. The summed E-state index contributed by atoms with van der Waals surface area (Å²) >= 11 is 0. The van der Waals surface area contributed by atoms with Crippen molar-refractivity contribution in [2.24, 2.45) is 0 Å². The lowest BCUT2D eigenvalue weighted by molar-refractivity contribution is -0.152. The number of nitrogens with two attached hydrogens (primary N) is 1. The summed E-state index contributed by atoms with van der Waals surface area (Å²) in [5, 5.41) is 10.0. The molecular weight excluding hydrogens is 1010 g/mol. The van der Waals surface area contributed by atoms with Gasteiger partial charge in [-0.15, -0.1) is 0 Å². The van der Waals surface area contributed by atoms with Crippen molar-refractivity contribution in [2.45, 2.75) is 26.6 Å². The third-order valence-corrected chi connectivity index (χ3v) is 12.8. The van der Waals surface area contributed by atoms with Crippen LogP contribution in [0.25, 0.3) is 33.9 Å². The van der Waals surface area contributed by atoms with Crippen molar-refractivity contribution < 1.29 is 46.4 Å². The zero-order valence-corrected chi connectivity index (χ0v) is 43.9. The number of nitrogens with zero attached hydrogens (tertiary/aromatic N) is 10. The van der Waals surface area contributed by atoms with E-state index in [1.54, 1.807) is 6.92 Å². The molecule has 5 aromatic rings. The molecule has 0 bridgehead atoms. The maximum atomic E-state index is 13.9. The molecular formula is C52H71F3N14O8. The third-order valence-electron chi connectivity index (χ3n) is 12.8. The number of benzene rings is 2. The van der Waals surface area contributed by atoms with Crippen molar-refractivity contribution in [1.82, 2.24) is 49.1 Å². The highest BCUT2D eigenvalue weighted by atomic mass is 19.4. The Kier molecular flexibility index (Phi) is 22.6. The van der Waals surface area contributed by atoms with E-state index in [0.717, 1.165) is 102 Å². The van der Waals surface area contributed by atoms with E-state index < -0.39 is 29.2 Å². The van der Waals surface area contributed by atoms with Gasteiger partial charge in [-0.1, -0.05) is 60.7 Å². The molecule has 3 aromatic heterocycles. The van der Waals surface area contributed by atoms with Gasteiger partial charge in [-0.25, -0.2) is 29.7 Å². The van der Waals surface area contributed by atoms with Crippen LogP contribution in [-0.2, 0) is 46.0 Å². The van der Waals surface area contributed by atoms with Crippen LogP contribution in [0.5, 0.6) is 0 Å². The summed E-state index contributed by atoms with van der Waals surface area (Å²) < 4.78 is 68.8. The quantitative estimate of drug-likeness (QED) is 0.0685. The molecule has 5 N–H and O–H groups in total. The predicted molar refractivity (Wildman–Crippen MR) is 286 cm³/mol. The molecule has 418 valence electrons. The van der Waals surface area contributed by atoms with E-state index in [-0.39, 0.29) is 30.1 Å². The van der Waals surface area contributed by atoms with Crippen molar-refractivity contribution in [1.29, 1.82) is 0 Å². The Balaban J connectivity index is 0.000000199. The van der Waals surface area contributed by atoms with Crippen molar-refractivity contribution in [3.05, 3.63) is 76.7 Å². The fourth-order valence-electron chi connectivity index (χ4n) is 8.58. The van der Waals surface area contributed by atoms with Gasteiger partial charge >= 0.3 is 12.1 Å². The molecule has 0 saturated carbocycles. The Morgan fingerprint density at radius 1 is 0.584 bits per heavy atom. The van der Waals surface area contributed by atoms with E-state index in [9.17, 15) is 27.6 Å². The number of Topliss-reactive ketones (excluding diaryl/α,β-unsaturated/α-hetero) is 1. The van der Waals surface area contributed by atoms with Crippen LogP contribution in [-0.4, -0.2) is 218 Å². The number of nitrogen functional groups attached to an aromatic ring is 1. The van der Waals surface area contributed by atoms with E-state index in [4.69, 9.17) is 34.6 Å². The van der Waals surface area contributed by atoms with Crippen LogP contribution < -0.4 is 27.2 Å². The highest BCUT2D eigenvalue weighted by Crippen LogP contribution is 2.30. The molecule has 0 amide bonds. The van der Waals surface area contributed by atoms with Crippen molar-refractivity contribution >= 4 is 46.1 Å². The topological polar surface area (TPSA) is 242 Å². The number of ketones is 1. The second-order valence-corrected chi connectivity index (χ2v) is 18.2. The van der Waals surface area contributed by atoms with Crippen LogP contribution in [0.3, 0.4) is 0 Å². The molecule has 4 aliphatic rings. The van der Waals surface area contributed by atoms with E-state index >= 15 is 0 Å². The Hall–Kier alpha value is -6.45. The second-order valence-electron chi connectivity index (χ2n) is 18.2. The minimum Gasteiger partial charge on any atom is -0.460 e. The van der Waals surface area contributed by atoms with Gasteiger partial charge in [0.15, 0.2) is 34.7 Å². The zero-order valence-electron chi connectivity index (χ0n) is 43.9. The maximum absolute atomic E-state index is 13.9. The normalized spacial score (nSPS) is 16.8. The van der Waals surface area contributed by atoms with Crippen LogP contribution in [0.1, 0.15) is 19.5 Å². The van der Waals surface area contributed by atoms with Gasteiger partial charge in [0.2, 0.25) is 11.5 Å². The summed E-state index contributed by atoms with van der Waals surface area (Å²) in [4.78, 5) is 64.7. The average Bonchev–Trinajstić information content (AvgIpc) is 3.45. The minimum atomic E-state index is -4.92. The first-order valence-corrected chi connectivity index (χ1v) is 26.2. The molecule has 4 fully saturated rings. The molecule has 0 spiro atoms. The van der Waals surface area contributed by atoms with Crippen LogP contribution in [0, 0.1) is 0 Å². The lowest BCUT2D eigenvalue weighted by atomic mass is 10.2. The van der Waals surface area contributed by atoms with E-state index in [1.807, 2.05) is 60.7 Å². The molecule has 4 aliphatic heterocycles. The van der Waals surface area contributed by atoms with Gasteiger partial charge in [0.25, 0.3) is 5.56 Å². The summed E-state index contributed by atoms with van der Waals surface area (Å²) in [7, 11) is 0. The molecule has 0 radical (unpaired) electrons. The summed E-state index contributed by atoms with van der Waals surface area (Å²) in [6.45, 7) is 20.2. The molecule has 9 rings (SSSR count). The number of ether oxygens (including phenoxy) is 5. The van der Waals surface area contributed by atoms with Gasteiger partial charge in [0, 0.05) is 123 Å². The number of halogens is 3. The molecule has 0 aliphatic carbocycles. The van der Waals surface area contributed by atoms with Gasteiger partial charge < -0.3 is 45.4 Å². The molecule has 77 heavy (non-hydrogen) atoms. The number of rotatable bonds is 19. The van der Waals surface area contributed by atoms with Crippen LogP contribution >= 0.6 is 0 Å². The van der Waals surface area contributed by atoms with Gasteiger partial charge in [-0.2, -0.15) is 13.2 Å². The highest BCUT2D eigenvalue weighted by Gasteiger charge is 2.38. The smallest absolute Gasteiger partial charge is 0.438 e. The van der Waals surface area contributed by atoms with Gasteiger partial charge in [0.05, 0.1) is 59.5 Å². The monoisotopic (exact) mass is 1080 g/mol. The lowest BCUT2D eigenvalue weighted by Crippen LogP contribution is -2.40. The number of alkyl halides is 3. The zero-order chi connectivity index (χ0) is 54.4. The van der Waals surface area contributed by atoms with Crippen LogP contribution in [0.15, 0.2) is 65.5 Å². The number of fused-ring (bicyclic) bond motifs is 1. The number of hydrogen-bond donors (Lipinski definition) is 4. The molecule has 25 heteroatoms. The third kappa shape index (κ3) is 17.8. The van der Waals surface area contributed by atoms with E-state index in [0.29, 0.717) is 93.7 Å². The first-order chi connectivity index (χ1) is 37.4. The van der Waals surface area contributed by atoms with Gasteiger partial charge in [0.1, 0.15) is 11.2 Å². The second kappa shape index (κ2) is 29.9. The number of nitrogens with one attached hydrogen (secondary N) is 3. The lowest BCUT2D eigenvalue weighted by Gasteiger charge is -2.27. The number of anilines is 4. The standard InChI is InChI=1S/C25H30F3N7O3.C22H33N7O2.C5H8O3/c26-25(27,28)20-24(36)35(9-8-34-12-16-38-17-13-34)23-19(30-20)22(29-6-7-33-10-14-37-15-11-33)31-21(32-23)18-4-2-1-3-5-18;23-19-21(24-6-8-28-10-14-30-15-11-28)26-20(18-4-2-1-3-5-18)27-22(19)25-7-9-29-12-16-31-17-13-29;1-3-8-5(7)4(2)6/h1-5H,6-17H2,(H,29,31,32);1-5H,6-17,23H2,(H2,24,25,26,27);3H2,1-2H3. The summed E-state index contributed by atoms with van der Waals surface area (Å²) in [5.41, 5.74) is 5.96. The SMILES string of the molecule is CCOC(=O)C(C)=O.Nc1c(NCCN2CCOCC2)nc(-c2ccccc2)nc1NCCN1CCOCC1.O=c1c(C(F)(F)F)nc2c(NCCN3CCOCC3)nc(-c3ccccc3)nc2n1CCN1CCOCC1. The average molecular weight is 1080 g/mol. The number of esters is 1. The molecule has 4 saturated heterocycles. The van der Waals surface area contributed by atoms with Crippen LogP contribution in [0.4, 0.5) is 36.3 Å². The summed E-state index contributed by atoms with van der Waals surface area (Å²) in [6, 6.07) is 19.1. The first kappa shape index (κ1) is 58.2. The van der Waals surface area contributed by atoms with Crippen molar-refractivity contribution in [2.75, 3.05) is 179 Å². The number of aromatic nitrogens is 6. The molecule has 22 nitrogen and oxygen atoms in total. The maximum Gasteiger partial charge on any atom is 0.438 e. The number of carbonyl (C=O) groups excluding carboxylic acids is 2. The molecule has 2 aromatic carbocycles. The number of morpholine rings is 4. The Morgan fingerprint density at radius 2 is 0.974 bits per heavy atom. The van der Waals surface area contributed by atoms with Gasteiger partial charge in [-0.05, 0) is 6.92 Å². The molecule has 0 unspecified atom stereocenters.